The molecule has 2 nitrogen and oxygen atoms in total. The molecule has 116 valence electrons. The Bertz CT molecular complexity index is 506. The second-order valence-corrected chi connectivity index (χ2v) is 6.80. The quantitative estimate of drug-likeness (QED) is 0.807. The number of nitrogens with zero attached hydrogens (tertiary/aromatic N) is 2. The fourth-order valence-corrected chi connectivity index (χ4v) is 3.43. The standard InChI is InChI=1S/C15H18BrF3N2/c16-13-8-11(7-12(9-13)15(17,18)19)10-20-3-5-21(6-4-20)14-1-2-14/h7-9,14H,1-6,10H2. The van der Waals surface area contributed by atoms with Crippen molar-refractivity contribution >= 4 is 15.9 Å². The number of hydrogen-bond donors (Lipinski definition) is 0. The van der Waals surface area contributed by atoms with Gasteiger partial charge in [-0.1, -0.05) is 15.9 Å². The number of piperazine rings is 1. The van der Waals surface area contributed by atoms with Gasteiger partial charge >= 0.3 is 6.18 Å². The van der Waals surface area contributed by atoms with Gasteiger partial charge in [-0.2, -0.15) is 13.2 Å². The summed E-state index contributed by atoms with van der Waals surface area (Å²) in [7, 11) is 0. The predicted octanol–water partition coefficient (Wildman–Crippen LogP) is 3.75. The van der Waals surface area contributed by atoms with Gasteiger partial charge in [0.2, 0.25) is 0 Å². The van der Waals surface area contributed by atoms with Crippen molar-refractivity contribution in [1.29, 1.82) is 0 Å². The van der Waals surface area contributed by atoms with E-state index in [2.05, 4.69) is 25.7 Å². The Balaban J connectivity index is 1.63. The molecule has 1 aromatic rings. The molecule has 1 saturated heterocycles. The predicted molar refractivity (Wildman–Crippen MR) is 79.0 cm³/mol. The molecule has 6 heteroatoms. The fourth-order valence-electron chi connectivity index (χ4n) is 2.89. The average Bonchev–Trinajstić information content (AvgIpc) is 3.22. The number of rotatable bonds is 3. The minimum atomic E-state index is -4.29. The normalized spacial score (nSPS) is 21.7. The van der Waals surface area contributed by atoms with E-state index in [1.165, 1.54) is 18.9 Å². The molecule has 0 radical (unpaired) electrons. The van der Waals surface area contributed by atoms with Crippen LogP contribution in [0, 0.1) is 0 Å². The molecule has 2 aliphatic rings. The summed E-state index contributed by atoms with van der Waals surface area (Å²) in [5.41, 5.74) is 0.139. The van der Waals surface area contributed by atoms with Crippen molar-refractivity contribution in [2.75, 3.05) is 26.2 Å². The van der Waals surface area contributed by atoms with Gasteiger partial charge in [0.15, 0.2) is 0 Å². The summed E-state index contributed by atoms with van der Waals surface area (Å²) in [5.74, 6) is 0. The van der Waals surface area contributed by atoms with Gasteiger partial charge in [0, 0.05) is 43.2 Å². The van der Waals surface area contributed by atoms with Crippen LogP contribution in [0.3, 0.4) is 0 Å². The molecule has 1 heterocycles. The molecule has 0 unspecified atom stereocenters. The van der Waals surface area contributed by atoms with E-state index >= 15 is 0 Å². The first-order valence-electron chi connectivity index (χ1n) is 7.25. The van der Waals surface area contributed by atoms with Gasteiger partial charge in [-0.15, -0.1) is 0 Å². The van der Waals surface area contributed by atoms with Crippen LogP contribution in [0.4, 0.5) is 13.2 Å². The summed E-state index contributed by atoms with van der Waals surface area (Å²) in [5, 5.41) is 0. The van der Waals surface area contributed by atoms with Gasteiger partial charge in [0.1, 0.15) is 0 Å². The van der Waals surface area contributed by atoms with Crippen molar-refractivity contribution in [2.45, 2.75) is 31.6 Å². The van der Waals surface area contributed by atoms with Gasteiger partial charge in [-0.05, 0) is 36.6 Å². The molecule has 0 N–H and O–H groups in total. The van der Waals surface area contributed by atoms with Crippen LogP contribution < -0.4 is 0 Å². The summed E-state index contributed by atoms with van der Waals surface area (Å²) in [6.45, 7) is 4.52. The molecular weight excluding hydrogens is 345 g/mol. The van der Waals surface area contributed by atoms with Crippen LogP contribution in [-0.2, 0) is 12.7 Å². The molecule has 2 fully saturated rings. The first kappa shape index (κ1) is 15.3. The Hall–Kier alpha value is -0.590. The first-order valence-corrected chi connectivity index (χ1v) is 8.04. The Morgan fingerprint density at radius 1 is 1.05 bits per heavy atom. The van der Waals surface area contributed by atoms with E-state index < -0.39 is 11.7 Å². The lowest BCUT2D eigenvalue weighted by molar-refractivity contribution is -0.137. The summed E-state index contributed by atoms with van der Waals surface area (Å²) in [6, 6.07) is 4.95. The van der Waals surface area contributed by atoms with Crippen molar-refractivity contribution in [3.8, 4) is 0 Å². The second-order valence-electron chi connectivity index (χ2n) is 5.89. The maximum atomic E-state index is 12.8. The van der Waals surface area contributed by atoms with E-state index in [0.29, 0.717) is 11.0 Å². The maximum Gasteiger partial charge on any atom is 0.416 e. The van der Waals surface area contributed by atoms with E-state index in [-0.39, 0.29) is 0 Å². The largest absolute Gasteiger partial charge is 0.416 e. The number of hydrogen-bond acceptors (Lipinski definition) is 2. The lowest BCUT2D eigenvalue weighted by Crippen LogP contribution is -2.46. The van der Waals surface area contributed by atoms with Crippen molar-refractivity contribution in [3.05, 3.63) is 33.8 Å². The van der Waals surface area contributed by atoms with Crippen LogP contribution in [0.15, 0.2) is 22.7 Å². The van der Waals surface area contributed by atoms with Crippen LogP contribution in [0.2, 0.25) is 0 Å². The molecule has 21 heavy (non-hydrogen) atoms. The van der Waals surface area contributed by atoms with Crippen LogP contribution >= 0.6 is 15.9 Å². The summed E-state index contributed by atoms with van der Waals surface area (Å²) < 4.78 is 39.0. The van der Waals surface area contributed by atoms with Gasteiger partial charge < -0.3 is 0 Å². The molecule has 0 bridgehead atoms. The van der Waals surface area contributed by atoms with Crippen molar-refractivity contribution in [3.63, 3.8) is 0 Å². The van der Waals surface area contributed by atoms with Gasteiger partial charge in [0.25, 0.3) is 0 Å². The lowest BCUT2D eigenvalue weighted by Gasteiger charge is -2.34. The lowest BCUT2D eigenvalue weighted by atomic mass is 10.1. The highest BCUT2D eigenvalue weighted by Crippen LogP contribution is 2.32. The smallest absolute Gasteiger partial charge is 0.298 e. The number of alkyl halides is 3. The SMILES string of the molecule is FC(F)(F)c1cc(Br)cc(CN2CCN(C3CC3)CC2)c1. The Labute approximate surface area is 131 Å². The van der Waals surface area contributed by atoms with Crippen LogP contribution in [0.1, 0.15) is 24.0 Å². The molecular formula is C15H18BrF3N2. The number of halogens is 4. The molecule has 0 aromatic heterocycles. The Morgan fingerprint density at radius 3 is 2.29 bits per heavy atom. The van der Waals surface area contributed by atoms with Crippen molar-refractivity contribution in [1.82, 2.24) is 9.80 Å². The van der Waals surface area contributed by atoms with Crippen molar-refractivity contribution < 1.29 is 13.2 Å². The van der Waals surface area contributed by atoms with E-state index in [9.17, 15) is 13.2 Å². The molecule has 0 amide bonds. The van der Waals surface area contributed by atoms with Gasteiger partial charge in [0.05, 0.1) is 5.56 Å². The summed E-state index contributed by atoms with van der Waals surface area (Å²) >= 11 is 3.18. The summed E-state index contributed by atoms with van der Waals surface area (Å²) in [6.07, 6.45) is -1.68. The molecule has 1 aliphatic heterocycles. The fraction of sp³-hybridized carbons (Fsp3) is 0.600. The van der Waals surface area contributed by atoms with Crippen LogP contribution in [0.25, 0.3) is 0 Å². The first-order chi connectivity index (χ1) is 9.91. The molecule has 0 atom stereocenters. The third-order valence-electron chi connectivity index (χ3n) is 4.16. The zero-order chi connectivity index (χ0) is 15.0. The molecule has 3 rings (SSSR count). The monoisotopic (exact) mass is 362 g/mol. The highest BCUT2D eigenvalue weighted by molar-refractivity contribution is 9.10. The van der Waals surface area contributed by atoms with E-state index in [1.54, 1.807) is 6.07 Å². The van der Waals surface area contributed by atoms with Crippen molar-refractivity contribution in [2.24, 2.45) is 0 Å². The zero-order valence-corrected chi connectivity index (χ0v) is 13.3. The van der Waals surface area contributed by atoms with E-state index in [0.717, 1.165) is 43.9 Å². The highest BCUT2D eigenvalue weighted by Gasteiger charge is 2.32. The molecule has 1 saturated carbocycles. The van der Waals surface area contributed by atoms with Crippen LogP contribution in [-0.4, -0.2) is 42.0 Å². The van der Waals surface area contributed by atoms with E-state index in [1.807, 2.05) is 0 Å². The minimum Gasteiger partial charge on any atom is -0.298 e. The topological polar surface area (TPSA) is 6.48 Å². The van der Waals surface area contributed by atoms with Gasteiger partial charge in [-0.3, -0.25) is 9.80 Å². The van der Waals surface area contributed by atoms with Crippen LogP contribution in [0.5, 0.6) is 0 Å². The third kappa shape index (κ3) is 3.99. The van der Waals surface area contributed by atoms with Gasteiger partial charge in [-0.25, -0.2) is 0 Å². The Kier molecular flexibility index (Phi) is 4.30. The third-order valence-corrected chi connectivity index (χ3v) is 4.62. The van der Waals surface area contributed by atoms with E-state index in [4.69, 9.17) is 0 Å². The maximum absolute atomic E-state index is 12.8. The zero-order valence-electron chi connectivity index (χ0n) is 11.7. The number of benzene rings is 1. The second kappa shape index (κ2) is 5.89. The Morgan fingerprint density at radius 2 is 1.71 bits per heavy atom. The molecule has 1 aromatic carbocycles. The highest BCUT2D eigenvalue weighted by atomic mass is 79.9. The average molecular weight is 363 g/mol. The summed E-state index contributed by atoms with van der Waals surface area (Å²) in [4.78, 5) is 4.74. The minimum absolute atomic E-state index is 0.490. The molecule has 1 aliphatic carbocycles. The molecule has 0 spiro atoms.